The van der Waals surface area contributed by atoms with Crippen molar-refractivity contribution in [3.8, 4) is 0 Å². The topological polar surface area (TPSA) is 30.3 Å². The zero-order valence-corrected chi connectivity index (χ0v) is 11.1. The molecule has 18 heavy (non-hydrogen) atoms. The summed E-state index contributed by atoms with van der Waals surface area (Å²) in [6.45, 7) is 6.60. The van der Waals surface area contributed by atoms with Crippen molar-refractivity contribution >= 4 is 0 Å². The molecule has 4 heteroatoms. The average molecular weight is 249 g/mol. The third-order valence-electron chi connectivity index (χ3n) is 4.17. The summed E-state index contributed by atoms with van der Waals surface area (Å²) in [7, 11) is 0. The van der Waals surface area contributed by atoms with Crippen LogP contribution in [0.1, 0.15) is 37.3 Å². The third kappa shape index (κ3) is 2.93. The molecule has 0 bridgehead atoms. The van der Waals surface area contributed by atoms with Gasteiger partial charge in [0.2, 0.25) is 0 Å². The van der Waals surface area contributed by atoms with E-state index in [4.69, 9.17) is 4.74 Å². The van der Waals surface area contributed by atoms with Crippen molar-refractivity contribution in [1.29, 1.82) is 0 Å². The molecular formula is C14H23N3O. The van der Waals surface area contributed by atoms with Crippen LogP contribution in [0.4, 0.5) is 0 Å². The van der Waals surface area contributed by atoms with Gasteiger partial charge in [0.25, 0.3) is 0 Å². The molecule has 0 radical (unpaired) electrons. The van der Waals surface area contributed by atoms with Crippen LogP contribution in [0, 0.1) is 0 Å². The van der Waals surface area contributed by atoms with E-state index in [0.717, 1.165) is 32.6 Å². The van der Waals surface area contributed by atoms with E-state index in [1.54, 1.807) is 0 Å². The number of likely N-dealkylation sites (tertiary alicyclic amines) is 1. The van der Waals surface area contributed by atoms with E-state index in [-0.39, 0.29) is 0 Å². The predicted molar refractivity (Wildman–Crippen MR) is 70.7 cm³/mol. The Morgan fingerprint density at radius 3 is 2.72 bits per heavy atom. The standard InChI is InChI=1S/C14H23N3O/c1-2-6-16(5-1)7-8-17-11-14(15-12-17)13-3-9-18-10-4-13/h11-13H,1-10H2. The highest BCUT2D eigenvalue weighted by molar-refractivity contribution is 5.05. The molecule has 100 valence electrons. The molecule has 0 unspecified atom stereocenters. The van der Waals surface area contributed by atoms with Crippen LogP contribution < -0.4 is 0 Å². The second-order valence-corrected chi connectivity index (χ2v) is 5.47. The summed E-state index contributed by atoms with van der Waals surface area (Å²) < 4.78 is 7.65. The molecule has 0 atom stereocenters. The van der Waals surface area contributed by atoms with Gasteiger partial charge in [0, 0.05) is 38.4 Å². The predicted octanol–water partition coefficient (Wildman–Crippen LogP) is 1.87. The first-order valence-electron chi connectivity index (χ1n) is 7.23. The molecule has 0 N–H and O–H groups in total. The fourth-order valence-electron chi connectivity index (χ4n) is 2.97. The Morgan fingerprint density at radius 2 is 1.94 bits per heavy atom. The molecule has 1 aromatic rings. The number of nitrogens with zero attached hydrogens (tertiary/aromatic N) is 3. The van der Waals surface area contributed by atoms with Crippen molar-refractivity contribution in [2.24, 2.45) is 0 Å². The monoisotopic (exact) mass is 249 g/mol. The molecule has 0 aromatic carbocycles. The summed E-state index contributed by atoms with van der Waals surface area (Å²) in [6, 6.07) is 0. The number of imidazole rings is 1. The second-order valence-electron chi connectivity index (χ2n) is 5.47. The van der Waals surface area contributed by atoms with Crippen LogP contribution in [0.5, 0.6) is 0 Å². The molecule has 0 aliphatic carbocycles. The zero-order chi connectivity index (χ0) is 12.2. The van der Waals surface area contributed by atoms with Crippen LogP contribution in [0.2, 0.25) is 0 Å². The average Bonchev–Trinajstić information content (AvgIpc) is 3.09. The summed E-state index contributed by atoms with van der Waals surface area (Å²) in [4.78, 5) is 7.12. The summed E-state index contributed by atoms with van der Waals surface area (Å²) in [5.74, 6) is 0.617. The molecule has 2 fully saturated rings. The van der Waals surface area contributed by atoms with Crippen molar-refractivity contribution in [3.05, 3.63) is 18.2 Å². The number of rotatable bonds is 4. The van der Waals surface area contributed by atoms with E-state index in [0.29, 0.717) is 5.92 Å². The molecule has 0 spiro atoms. The lowest BCUT2D eigenvalue weighted by Crippen LogP contribution is -2.23. The Bertz CT molecular complexity index is 365. The van der Waals surface area contributed by atoms with Crippen molar-refractivity contribution in [3.63, 3.8) is 0 Å². The van der Waals surface area contributed by atoms with Crippen molar-refractivity contribution in [1.82, 2.24) is 14.5 Å². The van der Waals surface area contributed by atoms with E-state index in [1.165, 1.54) is 38.2 Å². The minimum atomic E-state index is 0.617. The zero-order valence-electron chi connectivity index (χ0n) is 11.1. The van der Waals surface area contributed by atoms with Gasteiger partial charge < -0.3 is 14.2 Å². The van der Waals surface area contributed by atoms with E-state index in [9.17, 15) is 0 Å². The minimum absolute atomic E-state index is 0.617. The van der Waals surface area contributed by atoms with Gasteiger partial charge >= 0.3 is 0 Å². The highest BCUT2D eigenvalue weighted by Crippen LogP contribution is 2.25. The van der Waals surface area contributed by atoms with Gasteiger partial charge in [-0.15, -0.1) is 0 Å². The maximum Gasteiger partial charge on any atom is 0.0949 e. The van der Waals surface area contributed by atoms with Gasteiger partial charge in [-0.25, -0.2) is 4.98 Å². The fraction of sp³-hybridized carbons (Fsp3) is 0.786. The molecule has 4 nitrogen and oxygen atoms in total. The summed E-state index contributed by atoms with van der Waals surface area (Å²) in [5.41, 5.74) is 1.26. The Morgan fingerprint density at radius 1 is 1.17 bits per heavy atom. The van der Waals surface area contributed by atoms with E-state index < -0.39 is 0 Å². The van der Waals surface area contributed by atoms with Crippen molar-refractivity contribution in [2.75, 3.05) is 32.8 Å². The van der Waals surface area contributed by atoms with Gasteiger partial charge in [-0.05, 0) is 38.8 Å². The first-order chi connectivity index (χ1) is 8.92. The quantitative estimate of drug-likeness (QED) is 0.816. The van der Waals surface area contributed by atoms with Crippen molar-refractivity contribution in [2.45, 2.75) is 38.1 Å². The smallest absolute Gasteiger partial charge is 0.0949 e. The maximum atomic E-state index is 5.40. The summed E-state index contributed by atoms with van der Waals surface area (Å²) in [6.07, 6.45) is 9.24. The largest absolute Gasteiger partial charge is 0.381 e. The maximum absolute atomic E-state index is 5.40. The lowest BCUT2D eigenvalue weighted by molar-refractivity contribution is 0.0845. The minimum Gasteiger partial charge on any atom is -0.381 e. The molecule has 2 aliphatic rings. The lowest BCUT2D eigenvalue weighted by atomic mass is 9.97. The highest BCUT2D eigenvalue weighted by atomic mass is 16.5. The number of hydrogen-bond acceptors (Lipinski definition) is 3. The van der Waals surface area contributed by atoms with Gasteiger partial charge in [0.1, 0.15) is 0 Å². The molecule has 0 amide bonds. The Kier molecular flexibility index (Phi) is 3.96. The third-order valence-corrected chi connectivity index (χ3v) is 4.17. The van der Waals surface area contributed by atoms with Crippen LogP contribution in [-0.2, 0) is 11.3 Å². The fourth-order valence-corrected chi connectivity index (χ4v) is 2.97. The van der Waals surface area contributed by atoms with Gasteiger partial charge in [0.15, 0.2) is 0 Å². The van der Waals surface area contributed by atoms with Gasteiger partial charge in [-0.1, -0.05) is 0 Å². The molecular weight excluding hydrogens is 226 g/mol. The van der Waals surface area contributed by atoms with Crippen LogP contribution >= 0.6 is 0 Å². The summed E-state index contributed by atoms with van der Waals surface area (Å²) in [5, 5.41) is 0. The molecule has 3 rings (SSSR count). The van der Waals surface area contributed by atoms with E-state index in [1.807, 2.05) is 6.33 Å². The lowest BCUT2D eigenvalue weighted by Gasteiger charge is -2.20. The molecule has 3 heterocycles. The SMILES string of the molecule is c1nc(C2CCOCC2)cn1CCN1CCCC1. The van der Waals surface area contributed by atoms with Gasteiger partial charge in [-0.2, -0.15) is 0 Å². The molecule has 2 saturated heterocycles. The first kappa shape index (κ1) is 12.2. The second kappa shape index (κ2) is 5.85. The van der Waals surface area contributed by atoms with Crippen molar-refractivity contribution < 1.29 is 4.74 Å². The van der Waals surface area contributed by atoms with Crippen LogP contribution in [0.3, 0.4) is 0 Å². The van der Waals surface area contributed by atoms with E-state index >= 15 is 0 Å². The first-order valence-corrected chi connectivity index (χ1v) is 7.23. The number of aromatic nitrogens is 2. The van der Waals surface area contributed by atoms with Crippen LogP contribution in [0.25, 0.3) is 0 Å². The normalized spacial score (nSPS) is 22.7. The molecule has 2 aliphatic heterocycles. The number of hydrogen-bond donors (Lipinski definition) is 0. The Balaban J connectivity index is 1.52. The highest BCUT2D eigenvalue weighted by Gasteiger charge is 2.18. The Hall–Kier alpha value is -0.870. The van der Waals surface area contributed by atoms with Crippen LogP contribution in [0.15, 0.2) is 12.5 Å². The van der Waals surface area contributed by atoms with Gasteiger partial charge in [0.05, 0.1) is 12.0 Å². The molecule has 1 aromatic heterocycles. The number of ether oxygens (including phenoxy) is 1. The van der Waals surface area contributed by atoms with Crippen LogP contribution in [-0.4, -0.2) is 47.3 Å². The van der Waals surface area contributed by atoms with E-state index in [2.05, 4.69) is 20.6 Å². The summed E-state index contributed by atoms with van der Waals surface area (Å²) >= 11 is 0. The van der Waals surface area contributed by atoms with Gasteiger partial charge in [-0.3, -0.25) is 0 Å². The molecule has 0 saturated carbocycles. The Labute approximate surface area is 109 Å².